The third-order valence-corrected chi connectivity index (χ3v) is 3.09. The summed E-state index contributed by atoms with van der Waals surface area (Å²) in [5.41, 5.74) is 0. The maximum Gasteiger partial charge on any atom is 0.350 e. The number of nitriles is 1. The fourth-order valence-electron chi connectivity index (χ4n) is 0.680. The minimum atomic E-state index is -0.707. The van der Waals surface area contributed by atoms with Gasteiger partial charge in [0.1, 0.15) is 10.9 Å². The molecule has 1 aromatic rings. The number of hydrogen-bond donors (Lipinski definition) is 0. The Morgan fingerprint density at radius 3 is 3.00 bits per heavy atom. The Morgan fingerprint density at radius 2 is 2.54 bits per heavy atom. The van der Waals surface area contributed by atoms with Crippen molar-refractivity contribution < 1.29 is 9.53 Å². The van der Waals surface area contributed by atoms with Gasteiger partial charge in [0, 0.05) is 4.47 Å². The summed E-state index contributed by atoms with van der Waals surface area (Å²) < 4.78 is 5.51. The highest BCUT2D eigenvalue weighted by molar-refractivity contribution is 9.10. The molecule has 1 atom stereocenters. The smallest absolute Gasteiger partial charge is 0.350 e. The van der Waals surface area contributed by atoms with Crippen LogP contribution in [0.3, 0.4) is 0 Å². The standard InChI is InChI=1S/C8H6BrNO2S/c1-5(4-10)12-8(11)7-6(9)2-3-13-7/h2-3,5H,1H3. The molecule has 1 aromatic heterocycles. The summed E-state index contributed by atoms with van der Waals surface area (Å²) in [7, 11) is 0. The van der Waals surface area contributed by atoms with Gasteiger partial charge in [-0.3, -0.25) is 0 Å². The van der Waals surface area contributed by atoms with Crippen molar-refractivity contribution in [2.75, 3.05) is 0 Å². The molecule has 13 heavy (non-hydrogen) atoms. The molecule has 0 radical (unpaired) electrons. The number of carbonyl (C=O) groups excluding carboxylic acids is 1. The molecule has 3 nitrogen and oxygen atoms in total. The van der Waals surface area contributed by atoms with Gasteiger partial charge in [-0.05, 0) is 34.3 Å². The summed E-state index contributed by atoms with van der Waals surface area (Å²) in [6, 6.07) is 3.59. The highest BCUT2D eigenvalue weighted by atomic mass is 79.9. The van der Waals surface area contributed by atoms with Crippen LogP contribution < -0.4 is 0 Å². The lowest BCUT2D eigenvalue weighted by molar-refractivity contribution is 0.0440. The summed E-state index contributed by atoms with van der Waals surface area (Å²) in [6.07, 6.45) is -0.707. The third kappa shape index (κ3) is 2.54. The predicted octanol–water partition coefficient (Wildman–Crippen LogP) is 2.58. The molecule has 0 spiro atoms. The zero-order valence-corrected chi connectivity index (χ0v) is 9.18. The summed E-state index contributed by atoms with van der Waals surface area (Å²) >= 11 is 4.48. The van der Waals surface area contributed by atoms with Crippen LogP contribution in [-0.4, -0.2) is 12.1 Å². The molecule has 1 heterocycles. The second kappa shape index (κ2) is 4.40. The number of esters is 1. The van der Waals surface area contributed by atoms with E-state index in [-0.39, 0.29) is 0 Å². The SMILES string of the molecule is CC(C#N)OC(=O)c1sccc1Br. The number of nitrogens with zero attached hydrogens (tertiary/aromatic N) is 1. The molecule has 0 aliphatic carbocycles. The molecule has 0 saturated carbocycles. The lowest BCUT2D eigenvalue weighted by atomic mass is 10.4. The van der Waals surface area contributed by atoms with Crippen molar-refractivity contribution in [3.63, 3.8) is 0 Å². The molecule has 0 aliphatic heterocycles. The lowest BCUT2D eigenvalue weighted by Gasteiger charge is -2.03. The van der Waals surface area contributed by atoms with E-state index in [0.29, 0.717) is 9.35 Å². The molecule has 0 aliphatic rings. The fraction of sp³-hybridized carbons (Fsp3) is 0.250. The number of thiophene rings is 1. The molecule has 0 amide bonds. The maximum atomic E-state index is 11.3. The van der Waals surface area contributed by atoms with E-state index in [0.717, 1.165) is 0 Å². The first-order valence-corrected chi connectivity index (χ1v) is 5.16. The second-order valence-electron chi connectivity index (χ2n) is 2.27. The maximum absolute atomic E-state index is 11.3. The quantitative estimate of drug-likeness (QED) is 0.768. The van der Waals surface area contributed by atoms with E-state index in [1.807, 2.05) is 6.07 Å². The van der Waals surface area contributed by atoms with Gasteiger partial charge in [-0.15, -0.1) is 11.3 Å². The van der Waals surface area contributed by atoms with Crippen molar-refractivity contribution in [1.29, 1.82) is 5.26 Å². The van der Waals surface area contributed by atoms with Gasteiger partial charge in [-0.25, -0.2) is 4.79 Å². The van der Waals surface area contributed by atoms with E-state index in [1.54, 1.807) is 11.4 Å². The average Bonchev–Trinajstić information content (AvgIpc) is 2.51. The zero-order chi connectivity index (χ0) is 9.84. The molecule has 0 aromatic carbocycles. The number of rotatable bonds is 2. The molecular weight excluding hydrogens is 254 g/mol. The van der Waals surface area contributed by atoms with Crippen LogP contribution in [0.25, 0.3) is 0 Å². The van der Waals surface area contributed by atoms with Gasteiger partial charge in [0.2, 0.25) is 0 Å². The van der Waals surface area contributed by atoms with Crippen molar-refractivity contribution in [1.82, 2.24) is 0 Å². The zero-order valence-electron chi connectivity index (χ0n) is 6.78. The Labute approximate surface area is 88.1 Å². The van der Waals surface area contributed by atoms with Crippen LogP contribution in [0.2, 0.25) is 0 Å². The van der Waals surface area contributed by atoms with Gasteiger partial charge in [0.15, 0.2) is 6.10 Å². The molecule has 0 fully saturated rings. The Bertz CT molecular complexity index is 355. The van der Waals surface area contributed by atoms with Gasteiger partial charge >= 0.3 is 5.97 Å². The van der Waals surface area contributed by atoms with E-state index < -0.39 is 12.1 Å². The minimum Gasteiger partial charge on any atom is -0.443 e. The predicted molar refractivity (Wildman–Crippen MR) is 52.5 cm³/mol. The number of ether oxygens (including phenoxy) is 1. The number of hydrogen-bond acceptors (Lipinski definition) is 4. The monoisotopic (exact) mass is 259 g/mol. The third-order valence-electron chi connectivity index (χ3n) is 1.27. The fourth-order valence-corrected chi connectivity index (χ4v) is 2.09. The Kier molecular flexibility index (Phi) is 3.46. The first-order chi connectivity index (χ1) is 6.15. The first-order valence-electron chi connectivity index (χ1n) is 3.48. The Balaban J connectivity index is 2.71. The van der Waals surface area contributed by atoms with Crippen LogP contribution in [0.4, 0.5) is 0 Å². The highest BCUT2D eigenvalue weighted by Crippen LogP contribution is 2.23. The average molecular weight is 260 g/mol. The molecule has 1 unspecified atom stereocenters. The van der Waals surface area contributed by atoms with Crippen molar-refractivity contribution >= 4 is 33.2 Å². The van der Waals surface area contributed by atoms with E-state index in [4.69, 9.17) is 10.00 Å². The van der Waals surface area contributed by atoms with E-state index >= 15 is 0 Å². The number of halogens is 1. The van der Waals surface area contributed by atoms with E-state index in [9.17, 15) is 4.79 Å². The summed E-state index contributed by atoms with van der Waals surface area (Å²) in [4.78, 5) is 11.8. The van der Waals surface area contributed by atoms with E-state index in [2.05, 4.69) is 15.9 Å². The van der Waals surface area contributed by atoms with Crippen molar-refractivity contribution in [2.24, 2.45) is 0 Å². The molecule has 0 saturated heterocycles. The van der Waals surface area contributed by atoms with Crippen molar-refractivity contribution in [3.8, 4) is 6.07 Å². The van der Waals surface area contributed by atoms with Gasteiger partial charge in [0.05, 0.1) is 0 Å². The molecule has 0 N–H and O–H groups in total. The first kappa shape index (κ1) is 10.2. The van der Waals surface area contributed by atoms with Gasteiger partial charge in [0.25, 0.3) is 0 Å². The largest absolute Gasteiger partial charge is 0.443 e. The van der Waals surface area contributed by atoms with E-state index in [1.165, 1.54) is 18.3 Å². The van der Waals surface area contributed by atoms with Gasteiger partial charge < -0.3 is 4.74 Å². The van der Waals surface area contributed by atoms with Crippen LogP contribution in [0, 0.1) is 11.3 Å². The van der Waals surface area contributed by atoms with Gasteiger partial charge in [-0.2, -0.15) is 5.26 Å². The molecule has 5 heteroatoms. The van der Waals surface area contributed by atoms with Crippen LogP contribution in [0.5, 0.6) is 0 Å². The van der Waals surface area contributed by atoms with Crippen LogP contribution >= 0.6 is 27.3 Å². The van der Waals surface area contributed by atoms with Crippen LogP contribution in [0.1, 0.15) is 16.6 Å². The summed E-state index contributed by atoms with van der Waals surface area (Å²) in [6.45, 7) is 1.53. The van der Waals surface area contributed by atoms with Crippen LogP contribution in [-0.2, 0) is 4.74 Å². The topological polar surface area (TPSA) is 50.1 Å². The normalized spacial score (nSPS) is 11.8. The molecular formula is C8H6BrNO2S. The van der Waals surface area contributed by atoms with Crippen LogP contribution in [0.15, 0.2) is 15.9 Å². The van der Waals surface area contributed by atoms with Crippen molar-refractivity contribution in [2.45, 2.75) is 13.0 Å². The van der Waals surface area contributed by atoms with Crippen molar-refractivity contribution in [3.05, 3.63) is 20.8 Å². The summed E-state index contributed by atoms with van der Waals surface area (Å²) in [5.74, 6) is -0.462. The summed E-state index contributed by atoms with van der Waals surface area (Å²) in [5, 5.41) is 10.2. The highest BCUT2D eigenvalue weighted by Gasteiger charge is 2.15. The molecule has 1 rings (SSSR count). The Morgan fingerprint density at radius 1 is 1.85 bits per heavy atom. The molecule has 68 valence electrons. The number of carbonyl (C=O) groups is 1. The second-order valence-corrected chi connectivity index (χ2v) is 4.04. The van der Waals surface area contributed by atoms with Gasteiger partial charge in [-0.1, -0.05) is 0 Å². The lowest BCUT2D eigenvalue weighted by Crippen LogP contribution is -2.12. The molecule has 0 bridgehead atoms. The minimum absolute atomic E-state index is 0.462. The Hall–Kier alpha value is -0.860.